The van der Waals surface area contributed by atoms with Gasteiger partial charge in [-0.05, 0) is 23.1 Å². The molecule has 0 bridgehead atoms. The summed E-state index contributed by atoms with van der Waals surface area (Å²) in [6.07, 6.45) is 1.25. The van der Waals surface area contributed by atoms with Gasteiger partial charge in [-0.2, -0.15) is 5.26 Å². The molecule has 0 fully saturated rings. The highest BCUT2D eigenvalue weighted by Crippen LogP contribution is 2.45. The van der Waals surface area contributed by atoms with Gasteiger partial charge in [0.1, 0.15) is 11.4 Å². The molecule has 2 N–H and O–H groups in total. The first kappa shape index (κ1) is 15.3. The van der Waals surface area contributed by atoms with Crippen molar-refractivity contribution >= 4 is 30.1 Å². The first-order chi connectivity index (χ1) is 9.84. The maximum Gasteiger partial charge on any atom is 0.366 e. The zero-order valence-corrected chi connectivity index (χ0v) is 12.6. The summed E-state index contributed by atoms with van der Waals surface area (Å²) in [5.74, 6) is 0. The Balaban J connectivity index is 2.74. The molecule has 108 valence electrons. The third-order valence-electron chi connectivity index (χ3n) is 3.14. The summed E-state index contributed by atoms with van der Waals surface area (Å²) < 4.78 is 11.3. The maximum atomic E-state index is 11.3. The molecular weight excluding hydrogens is 287 g/mol. The van der Waals surface area contributed by atoms with Gasteiger partial charge in [0.2, 0.25) is 0 Å². The van der Waals surface area contributed by atoms with Crippen LogP contribution in [-0.4, -0.2) is 23.9 Å². The van der Waals surface area contributed by atoms with Crippen LogP contribution in [0.15, 0.2) is 41.7 Å². The van der Waals surface area contributed by atoms with Crippen molar-refractivity contribution in [1.82, 2.24) is 0 Å². The molecule has 2 aromatic rings. The molecule has 0 saturated carbocycles. The molecule has 6 heteroatoms. The zero-order valence-electron chi connectivity index (χ0n) is 11.7. The van der Waals surface area contributed by atoms with Gasteiger partial charge in [-0.1, -0.05) is 30.3 Å². The van der Waals surface area contributed by atoms with E-state index in [0.717, 1.165) is 16.5 Å². The van der Waals surface area contributed by atoms with Crippen molar-refractivity contribution in [2.45, 2.75) is 0 Å². The molecule has 5 nitrogen and oxygen atoms in total. The van der Waals surface area contributed by atoms with E-state index in [-0.39, 0.29) is 0 Å². The Morgan fingerprint density at radius 1 is 1.19 bits per heavy atom. The molecule has 0 unspecified atom stereocenters. The number of fused-ring (bicyclic) bond motifs is 1. The van der Waals surface area contributed by atoms with Crippen LogP contribution in [0.1, 0.15) is 5.56 Å². The fraction of sp³-hybridized carbons (Fsp3) is 0.133. The van der Waals surface area contributed by atoms with Crippen LogP contribution < -0.4 is 4.90 Å². The van der Waals surface area contributed by atoms with Crippen molar-refractivity contribution in [3.8, 4) is 6.07 Å². The first-order valence-corrected chi connectivity index (χ1v) is 7.83. The lowest BCUT2D eigenvalue weighted by Gasteiger charge is -2.16. The first-order valence-electron chi connectivity index (χ1n) is 6.21. The lowest BCUT2D eigenvalue weighted by Crippen LogP contribution is -2.09. The predicted octanol–water partition coefficient (Wildman–Crippen LogP) is 2.95. The van der Waals surface area contributed by atoms with Crippen molar-refractivity contribution in [1.29, 1.82) is 5.26 Å². The molecule has 0 aliphatic heterocycles. The molecule has 21 heavy (non-hydrogen) atoms. The van der Waals surface area contributed by atoms with Crippen molar-refractivity contribution < 1.29 is 14.4 Å². The molecule has 0 atom stereocenters. The molecule has 0 radical (unpaired) electrons. The van der Waals surface area contributed by atoms with E-state index in [2.05, 4.69) is 0 Å². The van der Waals surface area contributed by atoms with Gasteiger partial charge >= 0.3 is 7.60 Å². The Morgan fingerprint density at radius 3 is 2.33 bits per heavy atom. The standard InChI is InChI=1S/C15H15N2O3P/c1-17(2)15-8-7-11(9-12(10-16)21(18,19)20)13-5-3-4-6-14(13)15/h3-9H,1-2H3,(H2,18,19,20)/b12-9+. The van der Waals surface area contributed by atoms with Crippen molar-refractivity contribution in [3.63, 3.8) is 0 Å². The van der Waals surface area contributed by atoms with E-state index in [1.165, 1.54) is 6.08 Å². The minimum Gasteiger partial charge on any atom is -0.377 e. The largest absolute Gasteiger partial charge is 0.377 e. The number of hydrogen-bond acceptors (Lipinski definition) is 3. The van der Waals surface area contributed by atoms with Gasteiger partial charge in [-0.25, -0.2) is 0 Å². The van der Waals surface area contributed by atoms with Crippen molar-refractivity contribution in [2.75, 3.05) is 19.0 Å². The molecule has 2 rings (SSSR count). The predicted molar refractivity (Wildman–Crippen MR) is 83.9 cm³/mol. The Kier molecular flexibility index (Phi) is 4.15. The average Bonchev–Trinajstić information content (AvgIpc) is 2.42. The van der Waals surface area contributed by atoms with E-state index in [4.69, 9.17) is 15.0 Å². The fourth-order valence-electron chi connectivity index (χ4n) is 2.15. The van der Waals surface area contributed by atoms with Gasteiger partial charge in [0, 0.05) is 25.2 Å². The van der Waals surface area contributed by atoms with Crippen LogP contribution in [0.25, 0.3) is 16.8 Å². The highest BCUT2D eigenvalue weighted by atomic mass is 31.2. The highest BCUT2D eigenvalue weighted by Gasteiger charge is 2.21. The van der Waals surface area contributed by atoms with Crippen LogP contribution in [0.4, 0.5) is 5.69 Å². The summed E-state index contributed by atoms with van der Waals surface area (Å²) >= 11 is 0. The second-order valence-corrected chi connectivity index (χ2v) is 6.37. The summed E-state index contributed by atoms with van der Waals surface area (Å²) in [6, 6.07) is 12.7. The molecule has 2 aromatic carbocycles. The quantitative estimate of drug-likeness (QED) is 0.672. The number of anilines is 1. The molecule has 0 spiro atoms. The molecule has 0 aliphatic carbocycles. The van der Waals surface area contributed by atoms with E-state index < -0.39 is 12.9 Å². The lowest BCUT2D eigenvalue weighted by atomic mass is 10.0. The molecule has 0 heterocycles. The van der Waals surface area contributed by atoms with Gasteiger partial charge < -0.3 is 14.7 Å². The van der Waals surface area contributed by atoms with E-state index in [9.17, 15) is 4.57 Å². The van der Waals surface area contributed by atoms with Crippen LogP contribution in [0.2, 0.25) is 0 Å². The fourth-order valence-corrected chi connectivity index (χ4v) is 2.59. The number of rotatable bonds is 3. The summed E-state index contributed by atoms with van der Waals surface area (Å²) in [5, 5.41) is 10.2. The number of nitrogens with zero attached hydrogens (tertiary/aromatic N) is 2. The smallest absolute Gasteiger partial charge is 0.366 e. The van der Waals surface area contributed by atoms with Crippen molar-refractivity contribution in [2.24, 2.45) is 0 Å². The Hall–Kier alpha value is -2.12. The Bertz CT molecular complexity index is 800. The second kappa shape index (κ2) is 5.71. The molecule has 0 aliphatic rings. The van der Waals surface area contributed by atoms with E-state index in [0.29, 0.717) is 5.56 Å². The third-order valence-corrected chi connectivity index (χ3v) is 3.99. The Morgan fingerprint density at radius 2 is 1.81 bits per heavy atom. The number of hydrogen-bond donors (Lipinski definition) is 2. The summed E-state index contributed by atoms with van der Waals surface area (Å²) in [6.45, 7) is 0. The van der Waals surface area contributed by atoms with Crippen LogP contribution in [0, 0.1) is 11.3 Å². The van der Waals surface area contributed by atoms with Crippen LogP contribution in [0.5, 0.6) is 0 Å². The number of nitriles is 1. The van der Waals surface area contributed by atoms with Crippen LogP contribution in [-0.2, 0) is 4.57 Å². The second-order valence-electron chi connectivity index (χ2n) is 4.80. The zero-order chi connectivity index (χ0) is 15.6. The van der Waals surface area contributed by atoms with Gasteiger partial charge in [-0.15, -0.1) is 0 Å². The van der Waals surface area contributed by atoms with Crippen LogP contribution >= 0.6 is 7.60 Å². The van der Waals surface area contributed by atoms with Gasteiger partial charge in [0.05, 0.1) is 0 Å². The van der Waals surface area contributed by atoms with E-state index >= 15 is 0 Å². The van der Waals surface area contributed by atoms with E-state index in [1.54, 1.807) is 12.1 Å². The minimum atomic E-state index is -4.56. The van der Waals surface area contributed by atoms with Crippen molar-refractivity contribution in [3.05, 3.63) is 47.3 Å². The van der Waals surface area contributed by atoms with Crippen LogP contribution in [0.3, 0.4) is 0 Å². The SMILES string of the molecule is CN(C)c1ccc(/C=C(\C#N)P(=O)(O)O)c2ccccc12. The molecule has 0 saturated heterocycles. The summed E-state index contributed by atoms with van der Waals surface area (Å²) in [5.41, 5.74) is 1.61. The molecule has 0 amide bonds. The van der Waals surface area contributed by atoms with Gasteiger partial charge in [0.15, 0.2) is 0 Å². The lowest BCUT2D eigenvalue weighted by molar-refractivity contribution is 0.384. The monoisotopic (exact) mass is 302 g/mol. The van der Waals surface area contributed by atoms with E-state index in [1.807, 2.05) is 49.3 Å². The summed E-state index contributed by atoms with van der Waals surface area (Å²) in [4.78, 5) is 20.3. The van der Waals surface area contributed by atoms with Gasteiger partial charge in [-0.3, -0.25) is 4.57 Å². The number of allylic oxidation sites excluding steroid dienone is 1. The third kappa shape index (κ3) is 3.14. The molecular formula is C15H15N2O3P. The molecule has 0 aromatic heterocycles. The Labute approximate surface area is 122 Å². The van der Waals surface area contributed by atoms with Gasteiger partial charge in [0.25, 0.3) is 0 Å². The normalized spacial score (nSPS) is 12.2. The minimum absolute atomic E-state index is 0.537. The average molecular weight is 302 g/mol. The maximum absolute atomic E-state index is 11.3. The summed E-state index contributed by atoms with van der Waals surface area (Å²) in [7, 11) is -0.712. The number of benzene rings is 2. The topological polar surface area (TPSA) is 84.6 Å². The highest BCUT2D eigenvalue weighted by molar-refractivity contribution is 7.57.